The number of aromatic nitrogens is 4. The number of halogens is 1. The second-order valence-corrected chi connectivity index (χ2v) is 8.39. The summed E-state index contributed by atoms with van der Waals surface area (Å²) >= 11 is 0. The molecule has 6 rings (SSSR count). The minimum absolute atomic E-state index is 0. The van der Waals surface area contributed by atoms with Gasteiger partial charge in [0.15, 0.2) is 6.23 Å². The number of fused-ring (bicyclic) bond motifs is 2. The van der Waals surface area contributed by atoms with Gasteiger partial charge in [0.25, 0.3) is 5.91 Å². The van der Waals surface area contributed by atoms with Crippen LogP contribution >= 0.6 is 13.5 Å². The van der Waals surface area contributed by atoms with Crippen molar-refractivity contribution in [1.29, 1.82) is 0 Å². The lowest BCUT2D eigenvalue weighted by Crippen LogP contribution is -2.37. The molecule has 1 aromatic carbocycles. The highest BCUT2D eigenvalue weighted by atomic mass is 32.1. The summed E-state index contributed by atoms with van der Waals surface area (Å²) in [5.74, 6) is 0.843. The fraction of sp³-hybridized carbons (Fsp3) is 0.304. The van der Waals surface area contributed by atoms with E-state index in [0.29, 0.717) is 22.5 Å². The third-order valence-electron chi connectivity index (χ3n) is 6.28. The van der Waals surface area contributed by atoms with Gasteiger partial charge in [-0.05, 0) is 36.8 Å². The zero-order valence-corrected chi connectivity index (χ0v) is 19.2. The molecule has 0 spiro atoms. The van der Waals surface area contributed by atoms with E-state index in [1.807, 2.05) is 30.3 Å². The molecule has 34 heavy (non-hydrogen) atoms. The van der Waals surface area contributed by atoms with Gasteiger partial charge in [-0.1, -0.05) is 6.07 Å². The first kappa shape index (κ1) is 22.4. The summed E-state index contributed by atoms with van der Waals surface area (Å²) in [4.78, 5) is 27.9. The largest absolute Gasteiger partial charge is 0.383 e. The molecule has 4 aromatic rings. The number of anilines is 3. The first-order chi connectivity index (χ1) is 16.1. The lowest BCUT2D eigenvalue weighted by Gasteiger charge is -2.32. The Morgan fingerprint density at radius 2 is 2.00 bits per heavy atom. The van der Waals surface area contributed by atoms with Gasteiger partial charge in [-0.3, -0.25) is 4.79 Å². The summed E-state index contributed by atoms with van der Waals surface area (Å²) in [5, 5.41) is 4.44. The van der Waals surface area contributed by atoms with Crippen LogP contribution in [0.2, 0.25) is 0 Å². The Morgan fingerprint density at radius 3 is 2.79 bits per heavy atom. The molecule has 0 aliphatic carbocycles. The Balaban J connectivity index is 0.00000241. The molecule has 3 atom stereocenters. The normalized spacial score (nSPS) is 21.9. The number of hydrogen-bond donors (Lipinski definition) is 2. The third kappa shape index (κ3) is 3.80. The van der Waals surface area contributed by atoms with E-state index in [9.17, 15) is 9.18 Å². The molecule has 176 valence electrons. The van der Waals surface area contributed by atoms with Gasteiger partial charge in [0.2, 0.25) is 0 Å². The van der Waals surface area contributed by atoms with Crippen molar-refractivity contribution in [2.24, 2.45) is 0 Å². The number of benzene rings is 1. The van der Waals surface area contributed by atoms with Crippen LogP contribution in [0.4, 0.5) is 21.7 Å². The van der Waals surface area contributed by atoms with Gasteiger partial charge in [0.05, 0.1) is 10.9 Å². The number of pyridine rings is 1. The van der Waals surface area contributed by atoms with Crippen molar-refractivity contribution in [1.82, 2.24) is 19.5 Å². The molecule has 2 saturated heterocycles. The molecule has 0 radical (unpaired) electrons. The fourth-order valence-corrected chi connectivity index (χ4v) is 4.36. The van der Waals surface area contributed by atoms with Gasteiger partial charge in [-0.15, -0.1) is 0 Å². The van der Waals surface area contributed by atoms with Crippen molar-refractivity contribution in [3.63, 3.8) is 0 Å². The van der Waals surface area contributed by atoms with Crippen molar-refractivity contribution in [2.45, 2.75) is 31.3 Å². The van der Waals surface area contributed by atoms with E-state index >= 15 is 0 Å². The highest BCUT2D eigenvalue weighted by Gasteiger charge is 2.41. The van der Waals surface area contributed by atoms with Gasteiger partial charge < -0.3 is 25.3 Å². The number of nitrogen functional groups attached to an aromatic ring is 1. The Hall–Kier alpha value is -3.44. The maximum absolute atomic E-state index is 14.9. The highest BCUT2D eigenvalue weighted by molar-refractivity contribution is 7.59. The van der Waals surface area contributed by atoms with E-state index < -0.39 is 24.4 Å². The molecule has 3 unspecified atom stereocenters. The maximum Gasteiger partial charge on any atom is 0.253 e. The number of amides is 1. The van der Waals surface area contributed by atoms with Gasteiger partial charge in [0, 0.05) is 36.8 Å². The molecule has 0 bridgehead atoms. The predicted octanol–water partition coefficient (Wildman–Crippen LogP) is 3.15. The predicted molar refractivity (Wildman–Crippen MR) is 133 cm³/mol. The first-order valence-corrected chi connectivity index (χ1v) is 10.9. The van der Waals surface area contributed by atoms with E-state index in [-0.39, 0.29) is 19.9 Å². The number of alkyl halides is 1. The summed E-state index contributed by atoms with van der Waals surface area (Å²) in [7, 11) is 0. The quantitative estimate of drug-likeness (QED) is 0.461. The van der Waals surface area contributed by atoms with Crippen LogP contribution < -0.4 is 16.0 Å². The molecule has 2 fully saturated rings. The average molecular weight is 482 g/mol. The second kappa shape index (κ2) is 8.73. The van der Waals surface area contributed by atoms with Crippen molar-refractivity contribution in [3.8, 4) is 0 Å². The summed E-state index contributed by atoms with van der Waals surface area (Å²) in [6.07, 6.45) is 0.821. The number of nitrogens with zero attached hydrogens (tertiary/aromatic N) is 5. The molecule has 2 aliphatic rings. The Labute approximate surface area is 201 Å². The van der Waals surface area contributed by atoms with E-state index in [1.165, 1.54) is 12.7 Å². The van der Waals surface area contributed by atoms with E-state index in [1.54, 1.807) is 16.8 Å². The average Bonchev–Trinajstić information content (AvgIpc) is 3.36. The van der Waals surface area contributed by atoms with Crippen LogP contribution in [-0.4, -0.2) is 50.8 Å². The van der Waals surface area contributed by atoms with Gasteiger partial charge in [-0.25, -0.2) is 19.3 Å². The van der Waals surface area contributed by atoms with Crippen LogP contribution in [0.25, 0.3) is 21.9 Å². The SMILES string of the molecule is Nc1ncnc2c1ccn2C1OC(C(=O)Nc2ccc3ccc(N4CCC4)nc3c2)CC1F.S. The molecular formula is C23H24FN7O2S. The van der Waals surface area contributed by atoms with Crippen molar-refractivity contribution < 1.29 is 13.9 Å². The fourth-order valence-electron chi connectivity index (χ4n) is 4.36. The molecule has 11 heteroatoms. The van der Waals surface area contributed by atoms with E-state index in [0.717, 1.165) is 29.8 Å². The zero-order chi connectivity index (χ0) is 22.5. The topological polar surface area (TPSA) is 111 Å². The summed E-state index contributed by atoms with van der Waals surface area (Å²) in [5.41, 5.74) is 7.72. The summed E-state index contributed by atoms with van der Waals surface area (Å²) in [6, 6.07) is 11.3. The molecule has 5 heterocycles. The lowest BCUT2D eigenvalue weighted by molar-refractivity contribution is -0.128. The van der Waals surface area contributed by atoms with Crippen LogP contribution in [0.15, 0.2) is 48.9 Å². The van der Waals surface area contributed by atoms with Crippen LogP contribution in [-0.2, 0) is 9.53 Å². The second-order valence-electron chi connectivity index (χ2n) is 8.39. The number of carbonyl (C=O) groups excluding carboxylic acids is 1. The molecule has 2 aliphatic heterocycles. The van der Waals surface area contributed by atoms with Gasteiger partial charge in [-0.2, -0.15) is 13.5 Å². The number of rotatable bonds is 4. The van der Waals surface area contributed by atoms with Crippen molar-refractivity contribution >= 4 is 58.7 Å². The van der Waals surface area contributed by atoms with Gasteiger partial charge in [0.1, 0.15) is 35.9 Å². The van der Waals surface area contributed by atoms with Crippen LogP contribution in [0.5, 0.6) is 0 Å². The summed E-state index contributed by atoms with van der Waals surface area (Å²) < 4.78 is 22.3. The minimum atomic E-state index is -1.37. The standard InChI is InChI=1S/C23H22FN7O2.H2S/c24-16-11-18(33-23(16)31-9-6-15-20(25)26-12-27-21(15)31)22(32)28-14-4-2-13-3-5-19(29-17(13)10-14)30-7-1-8-30;/h2-6,9-10,12,16,18,23H,1,7-8,11H2,(H,28,32)(H2,25,26,27);1H2. The highest BCUT2D eigenvalue weighted by Crippen LogP contribution is 2.35. The number of nitrogens with one attached hydrogen (secondary N) is 1. The molecular weight excluding hydrogens is 457 g/mol. The first-order valence-electron chi connectivity index (χ1n) is 10.9. The maximum atomic E-state index is 14.9. The monoisotopic (exact) mass is 481 g/mol. The Morgan fingerprint density at radius 1 is 1.18 bits per heavy atom. The third-order valence-corrected chi connectivity index (χ3v) is 6.28. The zero-order valence-electron chi connectivity index (χ0n) is 18.2. The van der Waals surface area contributed by atoms with Crippen molar-refractivity contribution in [3.05, 3.63) is 48.9 Å². The Bertz CT molecular complexity index is 1380. The molecule has 0 saturated carbocycles. The number of hydrogen-bond acceptors (Lipinski definition) is 7. The van der Waals surface area contributed by atoms with Crippen LogP contribution in [0.1, 0.15) is 19.1 Å². The molecule has 3 N–H and O–H groups in total. The number of carbonyl (C=O) groups is 1. The van der Waals surface area contributed by atoms with E-state index in [2.05, 4.69) is 20.2 Å². The minimum Gasteiger partial charge on any atom is -0.383 e. The Kier molecular flexibility index (Phi) is 5.74. The van der Waals surface area contributed by atoms with Crippen LogP contribution in [0, 0.1) is 0 Å². The summed E-state index contributed by atoms with van der Waals surface area (Å²) in [6.45, 7) is 2.02. The van der Waals surface area contributed by atoms with Crippen LogP contribution in [0.3, 0.4) is 0 Å². The molecule has 3 aromatic heterocycles. The van der Waals surface area contributed by atoms with Gasteiger partial charge >= 0.3 is 0 Å². The van der Waals surface area contributed by atoms with Crippen molar-refractivity contribution in [2.75, 3.05) is 29.0 Å². The van der Waals surface area contributed by atoms with E-state index in [4.69, 9.17) is 15.5 Å². The molecule has 1 amide bonds. The lowest BCUT2D eigenvalue weighted by atomic mass is 10.1. The smallest absolute Gasteiger partial charge is 0.253 e. The number of nitrogens with two attached hydrogens (primary N) is 1. The number of ether oxygens (including phenoxy) is 1. The molecule has 9 nitrogen and oxygen atoms in total.